The van der Waals surface area contributed by atoms with Crippen LogP contribution in [-0.2, 0) is 6.54 Å². The van der Waals surface area contributed by atoms with Gasteiger partial charge in [-0.25, -0.2) is 4.79 Å². The summed E-state index contributed by atoms with van der Waals surface area (Å²) in [5.41, 5.74) is 1.61. The number of rotatable bonds is 6. The first-order valence-corrected chi connectivity index (χ1v) is 9.70. The average Bonchev–Trinajstić information content (AvgIpc) is 3.16. The third kappa shape index (κ3) is 4.32. The molecule has 1 aromatic carbocycles. The highest BCUT2D eigenvalue weighted by molar-refractivity contribution is 5.36. The third-order valence-corrected chi connectivity index (χ3v) is 5.26. The molecule has 1 saturated heterocycles. The molecule has 0 amide bonds. The van der Waals surface area contributed by atoms with Gasteiger partial charge in [0.05, 0.1) is 26.1 Å². The lowest BCUT2D eigenvalue weighted by atomic mass is 9.97. The summed E-state index contributed by atoms with van der Waals surface area (Å²) in [5.74, 6) is 2.43. The van der Waals surface area contributed by atoms with E-state index in [2.05, 4.69) is 20.0 Å². The molecule has 8 heteroatoms. The van der Waals surface area contributed by atoms with Crippen LogP contribution in [0.3, 0.4) is 0 Å². The second kappa shape index (κ2) is 8.48. The molecule has 1 aliphatic rings. The molecule has 1 atom stereocenters. The first kappa shape index (κ1) is 19.2. The summed E-state index contributed by atoms with van der Waals surface area (Å²) in [4.78, 5) is 22.0. The molecule has 0 bridgehead atoms. The number of piperidine rings is 1. The van der Waals surface area contributed by atoms with E-state index in [1.54, 1.807) is 20.4 Å². The van der Waals surface area contributed by atoms with Crippen molar-refractivity contribution in [3.63, 3.8) is 0 Å². The van der Waals surface area contributed by atoms with E-state index in [1.165, 1.54) is 4.68 Å². The zero-order valence-electron chi connectivity index (χ0n) is 16.7. The first-order valence-electron chi connectivity index (χ1n) is 9.70. The summed E-state index contributed by atoms with van der Waals surface area (Å²) in [6.07, 6.45) is 5.63. The van der Waals surface area contributed by atoms with Gasteiger partial charge in [-0.3, -0.25) is 14.9 Å². The maximum Gasteiger partial charge on any atom is 0.348 e. The lowest BCUT2D eigenvalue weighted by molar-refractivity contribution is 0.196. The van der Waals surface area contributed by atoms with Crippen molar-refractivity contribution in [2.45, 2.75) is 25.3 Å². The maximum atomic E-state index is 12.5. The van der Waals surface area contributed by atoms with E-state index in [0.29, 0.717) is 5.69 Å². The van der Waals surface area contributed by atoms with Gasteiger partial charge in [0.25, 0.3) is 0 Å². The number of H-pyrrole nitrogens is 1. The molecular weight excluding hydrogens is 370 g/mol. The van der Waals surface area contributed by atoms with E-state index in [9.17, 15) is 4.79 Å². The SMILES string of the molecule is COc1ccc(-n2nc([C@H]3CCCN(Cc4cncc(OC)c4)C3)[nH]c2=O)cc1. The number of aromatic amines is 1. The molecule has 0 saturated carbocycles. The minimum absolute atomic E-state index is 0.189. The smallest absolute Gasteiger partial charge is 0.348 e. The Morgan fingerprint density at radius 3 is 2.69 bits per heavy atom. The average molecular weight is 395 g/mol. The van der Waals surface area contributed by atoms with E-state index < -0.39 is 0 Å². The van der Waals surface area contributed by atoms with Crippen molar-refractivity contribution < 1.29 is 9.47 Å². The van der Waals surface area contributed by atoms with Crippen molar-refractivity contribution in [3.8, 4) is 17.2 Å². The highest BCUT2D eigenvalue weighted by Gasteiger charge is 2.25. The number of aromatic nitrogens is 4. The van der Waals surface area contributed by atoms with Crippen LogP contribution in [0.2, 0.25) is 0 Å². The molecule has 3 aromatic rings. The van der Waals surface area contributed by atoms with E-state index in [4.69, 9.17) is 9.47 Å². The standard InChI is InChI=1S/C21H25N5O3/c1-28-18-7-5-17(6-8-18)26-21(27)23-20(24-26)16-4-3-9-25(14-16)13-15-10-19(29-2)12-22-11-15/h5-8,10-12,16H,3-4,9,13-14H2,1-2H3,(H,23,24,27)/t16-/m0/s1. The second-order valence-corrected chi connectivity index (χ2v) is 7.23. The molecule has 8 nitrogen and oxygen atoms in total. The summed E-state index contributed by atoms with van der Waals surface area (Å²) in [7, 11) is 3.26. The van der Waals surface area contributed by atoms with Crippen molar-refractivity contribution in [2.24, 2.45) is 0 Å². The van der Waals surface area contributed by atoms with Gasteiger partial charge in [0, 0.05) is 25.2 Å². The van der Waals surface area contributed by atoms with Crippen molar-refractivity contribution in [2.75, 3.05) is 27.3 Å². The molecule has 152 valence electrons. The Balaban J connectivity index is 1.48. The van der Waals surface area contributed by atoms with Crippen LogP contribution in [0.25, 0.3) is 5.69 Å². The Kier molecular flexibility index (Phi) is 5.62. The number of nitrogens with one attached hydrogen (secondary N) is 1. The number of nitrogens with zero attached hydrogens (tertiary/aromatic N) is 4. The van der Waals surface area contributed by atoms with E-state index in [0.717, 1.165) is 55.4 Å². The van der Waals surface area contributed by atoms with Crippen LogP contribution < -0.4 is 15.2 Å². The van der Waals surface area contributed by atoms with Gasteiger partial charge in [-0.1, -0.05) is 0 Å². The molecule has 0 aliphatic carbocycles. The minimum atomic E-state index is -0.223. The van der Waals surface area contributed by atoms with Crippen LogP contribution >= 0.6 is 0 Å². The summed E-state index contributed by atoms with van der Waals surface area (Å²) >= 11 is 0. The van der Waals surface area contributed by atoms with Crippen LogP contribution in [0.15, 0.2) is 47.5 Å². The van der Waals surface area contributed by atoms with Gasteiger partial charge >= 0.3 is 5.69 Å². The normalized spacial score (nSPS) is 17.2. The topological polar surface area (TPSA) is 85.3 Å². The van der Waals surface area contributed by atoms with Gasteiger partial charge in [0.1, 0.15) is 17.3 Å². The molecule has 29 heavy (non-hydrogen) atoms. The molecule has 0 unspecified atom stereocenters. The Bertz CT molecular complexity index is 1010. The second-order valence-electron chi connectivity index (χ2n) is 7.23. The quantitative estimate of drug-likeness (QED) is 0.690. The third-order valence-electron chi connectivity index (χ3n) is 5.26. The maximum absolute atomic E-state index is 12.5. The number of ether oxygens (including phenoxy) is 2. The summed E-state index contributed by atoms with van der Waals surface area (Å²) in [6.45, 7) is 2.65. The lowest BCUT2D eigenvalue weighted by Crippen LogP contribution is -2.34. The fourth-order valence-corrected chi connectivity index (χ4v) is 3.77. The largest absolute Gasteiger partial charge is 0.497 e. The predicted molar refractivity (Wildman–Crippen MR) is 109 cm³/mol. The van der Waals surface area contributed by atoms with E-state index in [1.807, 2.05) is 36.5 Å². The molecule has 4 rings (SSSR count). The molecule has 1 aliphatic heterocycles. The zero-order chi connectivity index (χ0) is 20.2. The number of hydrogen-bond acceptors (Lipinski definition) is 6. The number of methoxy groups -OCH3 is 2. The van der Waals surface area contributed by atoms with Crippen LogP contribution in [0.1, 0.15) is 30.1 Å². The molecule has 0 radical (unpaired) electrons. The highest BCUT2D eigenvalue weighted by Crippen LogP contribution is 2.26. The van der Waals surface area contributed by atoms with Crippen LogP contribution in [0, 0.1) is 0 Å². The molecule has 1 fully saturated rings. The zero-order valence-corrected chi connectivity index (χ0v) is 16.7. The number of likely N-dealkylation sites (tertiary alicyclic amines) is 1. The predicted octanol–water partition coefficient (Wildman–Crippen LogP) is 2.35. The van der Waals surface area contributed by atoms with Crippen LogP contribution in [-0.4, -0.2) is 52.0 Å². The van der Waals surface area contributed by atoms with Crippen molar-refractivity contribution >= 4 is 0 Å². The van der Waals surface area contributed by atoms with Gasteiger partial charge < -0.3 is 9.47 Å². The molecule has 2 aromatic heterocycles. The molecular formula is C21H25N5O3. The van der Waals surface area contributed by atoms with E-state index >= 15 is 0 Å². The molecule has 1 N–H and O–H groups in total. The highest BCUT2D eigenvalue weighted by atomic mass is 16.5. The minimum Gasteiger partial charge on any atom is -0.497 e. The van der Waals surface area contributed by atoms with Crippen LogP contribution in [0.5, 0.6) is 11.5 Å². The van der Waals surface area contributed by atoms with E-state index in [-0.39, 0.29) is 11.6 Å². The number of hydrogen-bond donors (Lipinski definition) is 1. The Labute approximate surface area is 169 Å². The summed E-state index contributed by atoms with van der Waals surface area (Å²) < 4.78 is 11.9. The fraction of sp³-hybridized carbons (Fsp3) is 0.381. The van der Waals surface area contributed by atoms with Gasteiger partial charge in [0.2, 0.25) is 0 Å². The fourth-order valence-electron chi connectivity index (χ4n) is 3.77. The first-order chi connectivity index (χ1) is 14.2. The Morgan fingerprint density at radius 1 is 1.14 bits per heavy atom. The number of benzene rings is 1. The van der Waals surface area contributed by atoms with Crippen molar-refractivity contribution in [1.82, 2.24) is 24.6 Å². The van der Waals surface area contributed by atoms with Crippen molar-refractivity contribution in [3.05, 3.63) is 64.6 Å². The van der Waals surface area contributed by atoms with Gasteiger partial charge in [0.15, 0.2) is 0 Å². The summed E-state index contributed by atoms with van der Waals surface area (Å²) in [6, 6.07) is 9.31. The van der Waals surface area contributed by atoms with Crippen molar-refractivity contribution in [1.29, 1.82) is 0 Å². The molecule has 3 heterocycles. The summed E-state index contributed by atoms with van der Waals surface area (Å²) in [5, 5.41) is 4.58. The van der Waals surface area contributed by atoms with Gasteiger partial charge in [-0.05, 0) is 55.3 Å². The Morgan fingerprint density at radius 2 is 1.93 bits per heavy atom. The lowest BCUT2D eigenvalue weighted by Gasteiger charge is -2.31. The van der Waals surface area contributed by atoms with Gasteiger partial charge in [-0.2, -0.15) is 4.68 Å². The van der Waals surface area contributed by atoms with Gasteiger partial charge in [-0.15, -0.1) is 5.10 Å². The molecule has 0 spiro atoms. The van der Waals surface area contributed by atoms with Crippen LogP contribution in [0.4, 0.5) is 0 Å². The Hall–Kier alpha value is -3.13. The monoisotopic (exact) mass is 395 g/mol. The number of pyridine rings is 1.